The molecule has 3 heteroatoms. The quantitative estimate of drug-likeness (QED) is 0.512. The number of aliphatic hydroxyl groups excluding tert-OH is 1. The first-order valence-corrected chi connectivity index (χ1v) is 7.56. The van der Waals surface area contributed by atoms with Gasteiger partial charge in [-0.25, -0.2) is 0 Å². The molecule has 1 atom stereocenters. The normalized spacial score (nSPS) is 13.0. The summed E-state index contributed by atoms with van der Waals surface area (Å²) < 4.78 is 0. The maximum absolute atomic E-state index is 10.2. The summed E-state index contributed by atoms with van der Waals surface area (Å²) in [6.45, 7) is 0. The summed E-state index contributed by atoms with van der Waals surface area (Å²) >= 11 is 9.67. The fourth-order valence-corrected chi connectivity index (χ4v) is 3.13. The fraction of sp³-hybridized carbons (Fsp3) is 0.125. The summed E-state index contributed by atoms with van der Waals surface area (Å²) in [7, 11) is 0. The number of aliphatic hydroxyl groups is 1. The first kappa shape index (κ1) is 12.9. The Morgan fingerprint density at radius 3 is 2.58 bits per heavy atom. The van der Waals surface area contributed by atoms with Crippen LogP contribution in [0.2, 0.25) is 5.02 Å². The highest BCUT2D eigenvalue weighted by Crippen LogP contribution is 2.36. The van der Waals surface area contributed by atoms with Crippen LogP contribution in [0, 0.1) is 0 Å². The van der Waals surface area contributed by atoms with Crippen LogP contribution in [0.1, 0.15) is 11.7 Å². The molecule has 1 N–H and O–H groups in total. The van der Waals surface area contributed by atoms with Crippen LogP contribution < -0.4 is 0 Å². The van der Waals surface area contributed by atoms with Gasteiger partial charge in [0.25, 0.3) is 0 Å². The third-order valence-corrected chi connectivity index (χ3v) is 4.30. The Labute approximate surface area is 124 Å². The molecule has 0 spiro atoms. The van der Waals surface area contributed by atoms with Crippen molar-refractivity contribution in [2.75, 3.05) is 5.33 Å². The van der Waals surface area contributed by atoms with E-state index in [1.165, 1.54) is 0 Å². The van der Waals surface area contributed by atoms with Gasteiger partial charge in [0, 0.05) is 15.7 Å². The van der Waals surface area contributed by atoms with Gasteiger partial charge in [0.15, 0.2) is 0 Å². The minimum absolute atomic E-state index is 0.492. The SMILES string of the molecule is O[C@H](CBr)c1cc2ccccc2c2cccc(Cl)c12. The summed E-state index contributed by atoms with van der Waals surface area (Å²) in [5.41, 5.74) is 0.871. The van der Waals surface area contributed by atoms with Gasteiger partial charge >= 0.3 is 0 Å². The molecule has 0 amide bonds. The van der Waals surface area contributed by atoms with Crippen LogP contribution in [-0.4, -0.2) is 10.4 Å². The number of benzene rings is 3. The lowest BCUT2D eigenvalue weighted by molar-refractivity contribution is 0.207. The molecule has 1 nitrogen and oxygen atoms in total. The van der Waals surface area contributed by atoms with Crippen molar-refractivity contribution >= 4 is 49.1 Å². The molecule has 3 aromatic rings. The van der Waals surface area contributed by atoms with Crippen LogP contribution in [-0.2, 0) is 0 Å². The highest BCUT2D eigenvalue weighted by molar-refractivity contribution is 9.09. The van der Waals surface area contributed by atoms with Gasteiger partial charge in [-0.05, 0) is 33.9 Å². The molecule has 0 bridgehead atoms. The van der Waals surface area contributed by atoms with Crippen LogP contribution in [0.15, 0.2) is 48.5 Å². The Kier molecular flexibility index (Phi) is 3.48. The van der Waals surface area contributed by atoms with Crippen molar-refractivity contribution in [1.29, 1.82) is 0 Å². The summed E-state index contributed by atoms with van der Waals surface area (Å²) in [6, 6.07) is 16.0. The average Bonchev–Trinajstić information content (AvgIpc) is 2.46. The van der Waals surface area contributed by atoms with Gasteiger partial charge in [0.2, 0.25) is 0 Å². The molecule has 0 aliphatic heterocycles. The zero-order valence-corrected chi connectivity index (χ0v) is 12.4. The van der Waals surface area contributed by atoms with Crippen LogP contribution in [0.3, 0.4) is 0 Å². The Morgan fingerprint density at radius 1 is 1.05 bits per heavy atom. The molecular formula is C16H12BrClO. The van der Waals surface area contributed by atoms with Gasteiger partial charge in [0.05, 0.1) is 6.10 Å². The molecular weight excluding hydrogens is 324 g/mol. The standard InChI is InChI=1S/C16H12BrClO/c17-9-15(19)13-8-10-4-1-2-5-11(10)12-6-3-7-14(18)16(12)13/h1-8,15,19H,9H2/t15-/m1/s1. The van der Waals surface area contributed by atoms with Crippen molar-refractivity contribution in [3.8, 4) is 0 Å². The number of alkyl halides is 1. The molecule has 0 fully saturated rings. The molecule has 0 aliphatic carbocycles. The second-order valence-electron chi connectivity index (χ2n) is 4.52. The van der Waals surface area contributed by atoms with E-state index in [0.29, 0.717) is 10.4 Å². The van der Waals surface area contributed by atoms with Crippen molar-refractivity contribution in [3.63, 3.8) is 0 Å². The Balaban J connectivity index is 2.52. The molecule has 3 rings (SSSR count). The summed E-state index contributed by atoms with van der Waals surface area (Å²) in [4.78, 5) is 0. The van der Waals surface area contributed by atoms with E-state index in [0.717, 1.165) is 27.1 Å². The van der Waals surface area contributed by atoms with Gasteiger partial charge in [-0.2, -0.15) is 0 Å². The summed E-state index contributed by atoms with van der Waals surface area (Å²) in [5, 5.41) is 15.7. The first-order chi connectivity index (χ1) is 9.22. The van der Waals surface area contributed by atoms with E-state index in [1.54, 1.807) is 0 Å². The van der Waals surface area contributed by atoms with Gasteiger partial charge in [-0.15, -0.1) is 0 Å². The second-order valence-corrected chi connectivity index (χ2v) is 5.57. The van der Waals surface area contributed by atoms with Crippen LogP contribution in [0.4, 0.5) is 0 Å². The molecule has 0 radical (unpaired) electrons. The molecule has 0 aromatic heterocycles. The fourth-order valence-electron chi connectivity index (χ4n) is 2.50. The van der Waals surface area contributed by atoms with E-state index in [-0.39, 0.29) is 0 Å². The van der Waals surface area contributed by atoms with E-state index in [4.69, 9.17) is 11.6 Å². The predicted octanol–water partition coefficient (Wildman–Crippen LogP) is 5.07. The number of hydrogen-bond donors (Lipinski definition) is 1. The Morgan fingerprint density at radius 2 is 1.79 bits per heavy atom. The van der Waals surface area contributed by atoms with Crippen molar-refractivity contribution in [2.45, 2.75) is 6.10 Å². The molecule has 0 saturated carbocycles. The van der Waals surface area contributed by atoms with Crippen molar-refractivity contribution in [2.24, 2.45) is 0 Å². The lowest BCUT2D eigenvalue weighted by atomic mass is 9.95. The molecule has 0 saturated heterocycles. The van der Waals surface area contributed by atoms with Crippen molar-refractivity contribution in [1.82, 2.24) is 0 Å². The number of rotatable bonds is 2. The lowest BCUT2D eigenvalue weighted by Crippen LogP contribution is -2.00. The predicted molar refractivity (Wildman–Crippen MR) is 85.2 cm³/mol. The van der Waals surface area contributed by atoms with E-state index >= 15 is 0 Å². The van der Waals surface area contributed by atoms with Gasteiger partial charge in [-0.3, -0.25) is 0 Å². The molecule has 3 aromatic carbocycles. The van der Waals surface area contributed by atoms with Gasteiger partial charge in [-0.1, -0.05) is 63.9 Å². The van der Waals surface area contributed by atoms with Crippen molar-refractivity contribution < 1.29 is 5.11 Å². The molecule has 0 aliphatic rings. The number of halogens is 2. The maximum Gasteiger partial charge on any atom is 0.0893 e. The molecule has 0 unspecified atom stereocenters. The van der Waals surface area contributed by atoms with Gasteiger partial charge in [0.1, 0.15) is 0 Å². The van der Waals surface area contributed by atoms with E-state index < -0.39 is 6.10 Å². The Bertz CT molecular complexity index is 754. The maximum atomic E-state index is 10.2. The largest absolute Gasteiger partial charge is 0.388 e. The number of hydrogen-bond acceptors (Lipinski definition) is 1. The highest BCUT2D eigenvalue weighted by Gasteiger charge is 2.14. The highest BCUT2D eigenvalue weighted by atomic mass is 79.9. The zero-order chi connectivity index (χ0) is 13.4. The van der Waals surface area contributed by atoms with E-state index in [2.05, 4.69) is 28.1 Å². The zero-order valence-electron chi connectivity index (χ0n) is 10.1. The van der Waals surface area contributed by atoms with Crippen LogP contribution in [0.25, 0.3) is 21.5 Å². The third-order valence-electron chi connectivity index (χ3n) is 3.37. The van der Waals surface area contributed by atoms with Crippen LogP contribution in [0.5, 0.6) is 0 Å². The monoisotopic (exact) mass is 334 g/mol. The van der Waals surface area contributed by atoms with Crippen LogP contribution >= 0.6 is 27.5 Å². The number of fused-ring (bicyclic) bond motifs is 3. The van der Waals surface area contributed by atoms with E-state index in [9.17, 15) is 5.11 Å². The smallest absolute Gasteiger partial charge is 0.0893 e. The third kappa shape index (κ3) is 2.14. The Hall–Kier alpha value is -1.09. The minimum Gasteiger partial charge on any atom is -0.388 e. The topological polar surface area (TPSA) is 20.2 Å². The van der Waals surface area contributed by atoms with Crippen molar-refractivity contribution in [3.05, 3.63) is 59.1 Å². The van der Waals surface area contributed by atoms with E-state index in [1.807, 2.05) is 36.4 Å². The summed E-state index contributed by atoms with van der Waals surface area (Å²) in [5.74, 6) is 0. The average molecular weight is 336 g/mol. The molecule has 0 heterocycles. The second kappa shape index (κ2) is 5.12. The summed E-state index contributed by atoms with van der Waals surface area (Å²) in [6.07, 6.45) is -0.563. The first-order valence-electron chi connectivity index (χ1n) is 6.06. The molecule has 19 heavy (non-hydrogen) atoms. The molecule has 96 valence electrons. The minimum atomic E-state index is -0.563. The lowest BCUT2D eigenvalue weighted by Gasteiger charge is -2.15. The van der Waals surface area contributed by atoms with Gasteiger partial charge < -0.3 is 5.11 Å².